The molecule has 0 aromatic carbocycles. The Hall–Kier alpha value is 0.120. The average molecular weight is 400 g/mol. The summed E-state index contributed by atoms with van der Waals surface area (Å²) in [5, 5.41) is 8.11. The second kappa shape index (κ2) is 5.40. The molecule has 0 aliphatic heterocycles. The van der Waals surface area contributed by atoms with Crippen LogP contribution in [0.1, 0.15) is 16.6 Å². The fourth-order valence-electron chi connectivity index (χ4n) is 1.66. The minimum atomic E-state index is 0.0441. The van der Waals surface area contributed by atoms with E-state index < -0.39 is 0 Å². The van der Waals surface area contributed by atoms with Gasteiger partial charge in [0, 0.05) is 16.4 Å². The Labute approximate surface area is 125 Å². The number of hydrogen-bond acceptors (Lipinski definition) is 3. The molecule has 0 spiro atoms. The molecule has 0 aliphatic rings. The highest BCUT2D eigenvalue weighted by Gasteiger charge is 2.22. The van der Waals surface area contributed by atoms with Crippen LogP contribution in [0.25, 0.3) is 0 Å². The summed E-state index contributed by atoms with van der Waals surface area (Å²) in [7, 11) is 3.80. The zero-order valence-corrected chi connectivity index (χ0v) is 13.9. The van der Waals surface area contributed by atoms with Gasteiger partial charge in [-0.3, -0.25) is 4.68 Å². The maximum atomic E-state index is 6.17. The molecule has 17 heavy (non-hydrogen) atoms. The smallest absolute Gasteiger partial charge is 0.0855 e. The van der Waals surface area contributed by atoms with Gasteiger partial charge in [0.1, 0.15) is 0 Å². The Bertz CT molecular complexity index is 499. The van der Waals surface area contributed by atoms with Crippen molar-refractivity contribution in [2.24, 2.45) is 7.05 Å². The molecule has 0 amide bonds. The molecule has 0 aliphatic carbocycles. The number of nitrogens with one attached hydrogen (secondary N) is 1. The van der Waals surface area contributed by atoms with Gasteiger partial charge < -0.3 is 5.32 Å². The number of aryl methyl sites for hydroxylation is 1. The van der Waals surface area contributed by atoms with E-state index in [-0.39, 0.29) is 6.04 Å². The number of hydrogen-bond donors (Lipinski definition) is 1. The summed E-state index contributed by atoms with van der Waals surface area (Å²) >= 11 is 14.8. The lowest BCUT2D eigenvalue weighted by atomic mass is 10.2. The number of halogens is 3. The predicted octanol–water partition coefficient (Wildman–Crippen LogP) is 3.97. The molecule has 0 fully saturated rings. The van der Waals surface area contributed by atoms with Crippen LogP contribution in [0.15, 0.2) is 20.5 Å². The first-order valence-electron chi connectivity index (χ1n) is 4.84. The van der Waals surface area contributed by atoms with Crippen molar-refractivity contribution < 1.29 is 0 Å². The number of rotatable bonds is 3. The normalized spacial score (nSPS) is 13.0. The molecule has 2 aromatic rings. The van der Waals surface area contributed by atoms with Gasteiger partial charge in [0.2, 0.25) is 0 Å². The second-order valence-corrected chi connectivity index (χ2v) is 7.16. The third kappa shape index (κ3) is 2.61. The first kappa shape index (κ1) is 13.5. The van der Waals surface area contributed by atoms with E-state index in [1.165, 1.54) is 4.88 Å². The van der Waals surface area contributed by atoms with E-state index in [0.717, 1.165) is 14.0 Å². The molecule has 1 N–H and O–H groups in total. The lowest BCUT2D eigenvalue weighted by Gasteiger charge is -2.15. The summed E-state index contributed by atoms with van der Waals surface area (Å²) < 4.78 is 3.92. The maximum Gasteiger partial charge on any atom is 0.0855 e. The lowest BCUT2D eigenvalue weighted by molar-refractivity contribution is 0.613. The molecule has 7 heteroatoms. The van der Waals surface area contributed by atoms with Gasteiger partial charge in [-0.15, -0.1) is 11.3 Å². The van der Waals surface area contributed by atoms with E-state index in [9.17, 15) is 0 Å². The van der Waals surface area contributed by atoms with E-state index in [4.69, 9.17) is 11.6 Å². The van der Waals surface area contributed by atoms with Gasteiger partial charge in [0.05, 0.1) is 26.7 Å². The summed E-state index contributed by atoms with van der Waals surface area (Å²) in [6, 6.07) is 2.13. The number of aromatic nitrogens is 2. The first-order chi connectivity index (χ1) is 8.04. The average Bonchev–Trinajstić information content (AvgIpc) is 2.77. The summed E-state index contributed by atoms with van der Waals surface area (Å²) in [6.45, 7) is 0. The minimum Gasteiger partial charge on any atom is -0.307 e. The quantitative estimate of drug-likeness (QED) is 0.846. The molecule has 3 nitrogen and oxygen atoms in total. The molecule has 1 unspecified atom stereocenters. The van der Waals surface area contributed by atoms with Gasteiger partial charge >= 0.3 is 0 Å². The third-order valence-electron chi connectivity index (χ3n) is 2.45. The Balaban J connectivity index is 2.47. The van der Waals surface area contributed by atoms with Crippen LogP contribution in [-0.2, 0) is 7.05 Å². The topological polar surface area (TPSA) is 29.9 Å². The zero-order chi connectivity index (χ0) is 12.6. The third-order valence-corrected chi connectivity index (χ3v) is 6.06. The molecule has 1 atom stereocenters. The van der Waals surface area contributed by atoms with Crippen molar-refractivity contribution in [3.63, 3.8) is 0 Å². The van der Waals surface area contributed by atoms with Gasteiger partial charge in [-0.2, -0.15) is 5.10 Å². The number of nitrogens with zero attached hydrogens (tertiary/aromatic N) is 2. The molecule has 0 bridgehead atoms. The molecule has 0 saturated heterocycles. The van der Waals surface area contributed by atoms with Crippen LogP contribution in [0.3, 0.4) is 0 Å². The Morgan fingerprint density at radius 2 is 2.24 bits per heavy atom. The monoisotopic (exact) mass is 397 g/mol. The predicted molar refractivity (Wildman–Crippen MR) is 78.8 cm³/mol. The van der Waals surface area contributed by atoms with Crippen LogP contribution in [0.4, 0.5) is 0 Å². The van der Waals surface area contributed by atoms with E-state index in [0.29, 0.717) is 5.02 Å². The van der Waals surface area contributed by atoms with Crippen molar-refractivity contribution >= 4 is 54.8 Å². The molecular formula is C10H10Br2ClN3S. The van der Waals surface area contributed by atoms with Crippen molar-refractivity contribution in [3.8, 4) is 0 Å². The highest BCUT2D eigenvalue weighted by atomic mass is 79.9. The fourth-order valence-corrected chi connectivity index (χ4v) is 4.14. The van der Waals surface area contributed by atoms with Gasteiger partial charge in [-0.1, -0.05) is 11.6 Å². The van der Waals surface area contributed by atoms with E-state index in [1.54, 1.807) is 22.2 Å². The SMILES string of the molecule is CNC(c1cc(Br)c(Br)s1)c1c(Cl)cnn1C. The fraction of sp³-hybridized carbons (Fsp3) is 0.300. The molecule has 2 rings (SSSR count). The largest absolute Gasteiger partial charge is 0.307 e. The van der Waals surface area contributed by atoms with Gasteiger partial charge in [0.25, 0.3) is 0 Å². The molecule has 2 heterocycles. The molecule has 92 valence electrons. The molecule has 0 radical (unpaired) electrons. The van der Waals surface area contributed by atoms with Gasteiger partial charge in [-0.25, -0.2) is 0 Å². The number of thiophene rings is 1. The van der Waals surface area contributed by atoms with Crippen molar-refractivity contribution in [1.29, 1.82) is 0 Å². The summed E-state index contributed by atoms with van der Waals surface area (Å²) in [5.41, 5.74) is 0.968. The van der Waals surface area contributed by atoms with Crippen molar-refractivity contribution in [2.45, 2.75) is 6.04 Å². The lowest BCUT2D eigenvalue weighted by Crippen LogP contribution is -2.20. The molecular weight excluding hydrogens is 389 g/mol. The molecule has 2 aromatic heterocycles. The molecule has 0 saturated carbocycles. The standard InChI is InChI=1S/C10H10Br2ClN3S/c1-14-8(7-3-5(11)10(12)17-7)9-6(13)4-15-16(9)2/h3-4,8,14H,1-2H3. The van der Waals surface area contributed by atoms with Crippen LogP contribution >= 0.6 is 54.8 Å². The summed E-state index contributed by atoms with van der Waals surface area (Å²) in [6.07, 6.45) is 1.67. The van der Waals surface area contributed by atoms with Crippen LogP contribution in [0.5, 0.6) is 0 Å². The van der Waals surface area contributed by atoms with Crippen molar-refractivity contribution in [2.75, 3.05) is 7.05 Å². The van der Waals surface area contributed by atoms with E-state index >= 15 is 0 Å². The highest BCUT2D eigenvalue weighted by Crippen LogP contribution is 2.38. The van der Waals surface area contributed by atoms with Gasteiger partial charge in [-0.05, 0) is 45.0 Å². The van der Waals surface area contributed by atoms with E-state index in [1.807, 2.05) is 14.1 Å². The second-order valence-electron chi connectivity index (χ2n) is 3.49. The first-order valence-corrected chi connectivity index (χ1v) is 7.62. The van der Waals surface area contributed by atoms with Crippen LogP contribution in [-0.4, -0.2) is 16.8 Å². The Morgan fingerprint density at radius 1 is 1.53 bits per heavy atom. The maximum absolute atomic E-state index is 6.17. The van der Waals surface area contributed by atoms with Crippen LogP contribution in [0, 0.1) is 0 Å². The minimum absolute atomic E-state index is 0.0441. The van der Waals surface area contributed by atoms with E-state index in [2.05, 4.69) is 48.3 Å². The van der Waals surface area contributed by atoms with Crippen LogP contribution < -0.4 is 5.32 Å². The summed E-state index contributed by atoms with van der Waals surface area (Å²) in [4.78, 5) is 1.18. The zero-order valence-electron chi connectivity index (χ0n) is 9.17. The summed E-state index contributed by atoms with van der Waals surface area (Å²) in [5.74, 6) is 0. The van der Waals surface area contributed by atoms with Crippen molar-refractivity contribution in [3.05, 3.63) is 36.1 Å². The van der Waals surface area contributed by atoms with Crippen molar-refractivity contribution in [1.82, 2.24) is 15.1 Å². The Morgan fingerprint density at radius 3 is 2.65 bits per heavy atom. The van der Waals surface area contributed by atoms with Crippen LogP contribution in [0.2, 0.25) is 5.02 Å². The highest BCUT2D eigenvalue weighted by molar-refractivity contribution is 9.13. The van der Waals surface area contributed by atoms with Gasteiger partial charge in [0.15, 0.2) is 0 Å². The Kier molecular flexibility index (Phi) is 4.31.